The Labute approximate surface area is 180 Å². The first-order valence-electron chi connectivity index (χ1n) is 9.21. The van der Waals surface area contributed by atoms with Crippen molar-refractivity contribution in [1.82, 2.24) is 20.5 Å². The number of rotatable bonds is 8. The summed E-state index contributed by atoms with van der Waals surface area (Å²) >= 11 is 1.04. The van der Waals surface area contributed by atoms with Crippen LogP contribution in [0.4, 0.5) is 13.2 Å². The largest absolute Gasteiger partial charge is 0.434 e. The summed E-state index contributed by atoms with van der Waals surface area (Å²) < 4.78 is 37.8. The molecule has 1 aromatic heterocycles. The standard InChI is InChI=1S/C17H28F3N5S.HI/c1-3-13(25-9-5-6-10-25)11-23-16(21-4-2)22-8-7-15-24-14(12-26-15)17(18,19)20;/h12-13H,3-11H2,1-2H3,(H2,21,22,23);1H. The van der Waals surface area contributed by atoms with Crippen molar-refractivity contribution in [1.29, 1.82) is 0 Å². The Hall–Kier alpha value is -0.620. The third-order valence-corrected chi connectivity index (χ3v) is 5.31. The number of hydrogen-bond donors (Lipinski definition) is 2. The van der Waals surface area contributed by atoms with Gasteiger partial charge in [0.05, 0.1) is 11.6 Å². The van der Waals surface area contributed by atoms with Crippen LogP contribution < -0.4 is 10.6 Å². The van der Waals surface area contributed by atoms with Crippen molar-refractivity contribution in [3.05, 3.63) is 16.1 Å². The molecule has 2 rings (SSSR count). The molecule has 0 radical (unpaired) electrons. The normalized spacial score (nSPS) is 16.9. The maximum absolute atomic E-state index is 12.6. The molecule has 0 aromatic carbocycles. The van der Waals surface area contributed by atoms with Gasteiger partial charge in [-0.25, -0.2) is 4.98 Å². The zero-order valence-electron chi connectivity index (χ0n) is 15.8. The lowest BCUT2D eigenvalue weighted by Crippen LogP contribution is -2.40. The van der Waals surface area contributed by atoms with E-state index in [0.717, 1.165) is 49.3 Å². The second-order valence-corrected chi connectivity index (χ2v) is 7.27. The van der Waals surface area contributed by atoms with E-state index in [-0.39, 0.29) is 24.0 Å². The minimum absolute atomic E-state index is 0. The van der Waals surface area contributed by atoms with Gasteiger partial charge in [0.1, 0.15) is 0 Å². The molecule has 0 spiro atoms. The lowest BCUT2D eigenvalue weighted by atomic mass is 10.2. The minimum Gasteiger partial charge on any atom is -0.357 e. The number of guanidine groups is 1. The number of nitrogens with zero attached hydrogens (tertiary/aromatic N) is 3. The minimum atomic E-state index is -4.37. The molecule has 0 amide bonds. The number of thiazole rings is 1. The van der Waals surface area contributed by atoms with Crippen LogP contribution in [-0.2, 0) is 12.6 Å². The van der Waals surface area contributed by atoms with Crippen molar-refractivity contribution in [3.8, 4) is 0 Å². The van der Waals surface area contributed by atoms with Crippen LogP contribution in [0.2, 0.25) is 0 Å². The molecule has 1 aliphatic rings. The average molecular weight is 519 g/mol. The van der Waals surface area contributed by atoms with E-state index in [1.165, 1.54) is 12.8 Å². The first-order chi connectivity index (χ1) is 12.4. The highest BCUT2D eigenvalue weighted by molar-refractivity contribution is 14.0. The lowest BCUT2D eigenvalue weighted by Gasteiger charge is -2.25. The third-order valence-electron chi connectivity index (χ3n) is 4.41. The van der Waals surface area contributed by atoms with Gasteiger partial charge in [0, 0.05) is 30.9 Å². The number of aromatic nitrogens is 1. The molecule has 0 aliphatic carbocycles. The van der Waals surface area contributed by atoms with Crippen LogP contribution in [0.15, 0.2) is 10.4 Å². The number of alkyl halides is 3. The molecule has 1 atom stereocenters. The predicted octanol–water partition coefficient (Wildman–Crippen LogP) is 3.75. The highest BCUT2D eigenvalue weighted by atomic mass is 127. The fourth-order valence-electron chi connectivity index (χ4n) is 2.99. The molecule has 10 heteroatoms. The van der Waals surface area contributed by atoms with Crippen molar-refractivity contribution in [2.45, 2.75) is 51.7 Å². The van der Waals surface area contributed by atoms with E-state index in [1.807, 2.05) is 6.92 Å². The van der Waals surface area contributed by atoms with E-state index in [0.29, 0.717) is 30.0 Å². The maximum atomic E-state index is 12.6. The number of likely N-dealkylation sites (tertiary alicyclic amines) is 1. The smallest absolute Gasteiger partial charge is 0.357 e. The first kappa shape index (κ1) is 24.4. The van der Waals surface area contributed by atoms with E-state index >= 15 is 0 Å². The number of hydrogen-bond acceptors (Lipinski definition) is 4. The van der Waals surface area contributed by atoms with Gasteiger partial charge in [-0.2, -0.15) is 13.2 Å². The molecule has 2 N–H and O–H groups in total. The Morgan fingerprint density at radius 3 is 2.56 bits per heavy atom. The SMILES string of the molecule is CCNC(=NCC(CC)N1CCCC1)NCCc1nc(C(F)(F)F)cs1.I. The zero-order valence-corrected chi connectivity index (χ0v) is 19.0. The topological polar surface area (TPSA) is 52.6 Å². The van der Waals surface area contributed by atoms with Crippen molar-refractivity contribution >= 4 is 41.3 Å². The molecule has 1 unspecified atom stereocenters. The summed E-state index contributed by atoms with van der Waals surface area (Å²) in [4.78, 5) is 10.8. The maximum Gasteiger partial charge on any atom is 0.434 e. The summed E-state index contributed by atoms with van der Waals surface area (Å²) in [5, 5.41) is 7.93. The van der Waals surface area contributed by atoms with Crippen LogP contribution in [0.5, 0.6) is 0 Å². The summed E-state index contributed by atoms with van der Waals surface area (Å²) in [6, 6.07) is 0.446. The van der Waals surface area contributed by atoms with E-state index in [4.69, 9.17) is 0 Å². The Morgan fingerprint density at radius 1 is 1.30 bits per heavy atom. The van der Waals surface area contributed by atoms with Gasteiger partial charge in [-0.15, -0.1) is 35.3 Å². The molecular weight excluding hydrogens is 490 g/mol. The van der Waals surface area contributed by atoms with E-state index < -0.39 is 11.9 Å². The third kappa shape index (κ3) is 8.10. The predicted molar refractivity (Wildman–Crippen MR) is 115 cm³/mol. The quantitative estimate of drug-likeness (QED) is 0.312. The monoisotopic (exact) mass is 519 g/mol. The lowest BCUT2D eigenvalue weighted by molar-refractivity contribution is -0.140. The fraction of sp³-hybridized carbons (Fsp3) is 0.765. The molecule has 1 fully saturated rings. The van der Waals surface area contributed by atoms with E-state index in [1.54, 1.807) is 0 Å². The molecular formula is C17H29F3IN5S. The molecule has 1 aliphatic heterocycles. The van der Waals surface area contributed by atoms with Crippen LogP contribution in [0.3, 0.4) is 0 Å². The zero-order chi connectivity index (χ0) is 19.0. The first-order valence-corrected chi connectivity index (χ1v) is 10.1. The van der Waals surface area contributed by atoms with Gasteiger partial charge < -0.3 is 10.6 Å². The van der Waals surface area contributed by atoms with Crippen molar-refractivity contribution in [3.63, 3.8) is 0 Å². The van der Waals surface area contributed by atoms with Gasteiger partial charge in [0.25, 0.3) is 0 Å². The van der Waals surface area contributed by atoms with Gasteiger partial charge in [-0.1, -0.05) is 6.92 Å². The summed E-state index contributed by atoms with van der Waals surface area (Å²) in [6.45, 7) is 8.42. The molecule has 1 saturated heterocycles. The summed E-state index contributed by atoms with van der Waals surface area (Å²) in [7, 11) is 0. The van der Waals surface area contributed by atoms with Crippen molar-refractivity contribution in [2.75, 3.05) is 32.7 Å². The van der Waals surface area contributed by atoms with E-state index in [9.17, 15) is 13.2 Å². The van der Waals surface area contributed by atoms with Gasteiger partial charge in [-0.05, 0) is 39.3 Å². The number of aliphatic imine (C=N–C) groups is 1. The van der Waals surface area contributed by atoms with Crippen LogP contribution in [0, 0.1) is 0 Å². The number of halogens is 4. The van der Waals surface area contributed by atoms with Crippen LogP contribution in [0.25, 0.3) is 0 Å². The Morgan fingerprint density at radius 2 is 2.00 bits per heavy atom. The van der Waals surface area contributed by atoms with Crippen LogP contribution in [0.1, 0.15) is 43.8 Å². The van der Waals surface area contributed by atoms with Crippen LogP contribution >= 0.6 is 35.3 Å². The van der Waals surface area contributed by atoms with Gasteiger partial charge in [0.15, 0.2) is 11.7 Å². The van der Waals surface area contributed by atoms with E-state index in [2.05, 4.69) is 32.4 Å². The molecule has 2 heterocycles. The van der Waals surface area contributed by atoms with Crippen molar-refractivity contribution in [2.24, 2.45) is 4.99 Å². The second-order valence-electron chi connectivity index (χ2n) is 6.33. The summed E-state index contributed by atoms with van der Waals surface area (Å²) in [5.74, 6) is 0.706. The highest BCUT2D eigenvalue weighted by Gasteiger charge is 2.33. The molecule has 1 aromatic rings. The summed E-state index contributed by atoms with van der Waals surface area (Å²) in [5.41, 5.74) is -0.811. The second kappa shape index (κ2) is 12.1. The Balaban J connectivity index is 0.00000364. The van der Waals surface area contributed by atoms with Crippen molar-refractivity contribution < 1.29 is 13.2 Å². The molecule has 0 saturated carbocycles. The Bertz CT molecular complexity index is 573. The Kier molecular flexibility index (Phi) is 10.9. The summed E-state index contributed by atoms with van der Waals surface area (Å²) in [6.07, 6.45) is -0.363. The average Bonchev–Trinajstić information content (AvgIpc) is 3.26. The highest BCUT2D eigenvalue weighted by Crippen LogP contribution is 2.30. The number of nitrogens with one attached hydrogen (secondary N) is 2. The van der Waals surface area contributed by atoms with Crippen LogP contribution in [-0.4, -0.2) is 54.6 Å². The molecule has 0 bridgehead atoms. The molecule has 156 valence electrons. The molecule has 27 heavy (non-hydrogen) atoms. The fourth-order valence-corrected chi connectivity index (χ4v) is 3.80. The van der Waals surface area contributed by atoms with Gasteiger partial charge in [0.2, 0.25) is 0 Å². The van der Waals surface area contributed by atoms with Gasteiger partial charge in [-0.3, -0.25) is 9.89 Å². The van der Waals surface area contributed by atoms with Gasteiger partial charge >= 0.3 is 6.18 Å². The molecule has 5 nitrogen and oxygen atoms in total.